The second kappa shape index (κ2) is 4.72. The first kappa shape index (κ1) is 11.1. The SMILES string of the molecule is CC1CCOC1c1nc(C2CNCCO2)no1. The molecule has 0 radical (unpaired) electrons. The molecule has 3 unspecified atom stereocenters. The average Bonchev–Trinajstić information content (AvgIpc) is 2.98. The van der Waals surface area contributed by atoms with Crippen LogP contribution in [0.5, 0.6) is 0 Å². The van der Waals surface area contributed by atoms with Crippen LogP contribution in [0, 0.1) is 5.92 Å². The number of hydrogen-bond acceptors (Lipinski definition) is 6. The van der Waals surface area contributed by atoms with Crippen molar-refractivity contribution in [2.24, 2.45) is 5.92 Å². The smallest absolute Gasteiger partial charge is 0.256 e. The number of aromatic nitrogens is 2. The summed E-state index contributed by atoms with van der Waals surface area (Å²) in [5.74, 6) is 1.64. The summed E-state index contributed by atoms with van der Waals surface area (Å²) < 4.78 is 16.5. The van der Waals surface area contributed by atoms with Gasteiger partial charge in [0.05, 0.1) is 6.61 Å². The predicted octanol–water partition coefficient (Wildman–Crippen LogP) is 0.828. The van der Waals surface area contributed by atoms with Gasteiger partial charge >= 0.3 is 0 Å². The summed E-state index contributed by atoms with van der Waals surface area (Å²) >= 11 is 0. The Bertz CT molecular complexity index is 376. The zero-order chi connectivity index (χ0) is 11.7. The highest BCUT2D eigenvalue weighted by atomic mass is 16.5. The molecule has 94 valence electrons. The van der Waals surface area contributed by atoms with Crippen molar-refractivity contribution in [2.45, 2.75) is 25.6 Å². The lowest BCUT2D eigenvalue weighted by atomic mass is 10.0. The van der Waals surface area contributed by atoms with Gasteiger partial charge in [-0.2, -0.15) is 4.98 Å². The number of morpholine rings is 1. The maximum atomic E-state index is 5.60. The Morgan fingerprint density at radius 1 is 1.29 bits per heavy atom. The molecule has 0 spiro atoms. The van der Waals surface area contributed by atoms with Crippen molar-refractivity contribution in [3.63, 3.8) is 0 Å². The summed E-state index contributed by atoms with van der Waals surface area (Å²) in [4.78, 5) is 4.40. The van der Waals surface area contributed by atoms with Crippen molar-refractivity contribution in [1.82, 2.24) is 15.5 Å². The highest BCUT2D eigenvalue weighted by molar-refractivity contribution is 4.98. The summed E-state index contributed by atoms with van der Waals surface area (Å²) in [6.45, 7) is 5.21. The van der Waals surface area contributed by atoms with Crippen LogP contribution in [-0.2, 0) is 9.47 Å². The van der Waals surface area contributed by atoms with Crippen LogP contribution in [0.2, 0.25) is 0 Å². The lowest BCUT2D eigenvalue weighted by Crippen LogP contribution is -2.33. The van der Waals surface area contributed by atoms with E-state index in [9.17, 15) is 0 Å². The first-order valence-electron chi connectivity index (χ1n) is 6.12. The molecule has 0 bridgehead atoms. The van der Waals surface area contributed by atoms with Crippen LogP contribution >= 0.6 is 0 Å². The third-order valence-electron chi connectivity index (χ3n) is 3.30. The van der Waals surface area contributed by atoms with Crippen LogP contribution in [0.25, 0.3) is 0 Å². The zero-order valence-corrected chi connectivity index (χ0v) is 9.89. The standard InChI is InChI=1S/C11H17N3O3/c1-7-2-4-16-9(7)11-13-10(14-17-11)8-6-12-3-5-15-8/h7-9,12H,2-6H2,1H3. The van der Waals surface area contributed by atoms with E-state index < -0.39 is 0 Å². The quantitative estimate of drug-likeness (QED) is 0.824. The molecule has 0 saturated carbocycles. The number of ether oxygens (including phenoxy) is 2. The van der Waals surface area contributed by atoms with Crippen LogP contribution in [0.3, 0.4) is 0 Å². The Labute approximate surface area is 99.7 Å². The second-order valence-electron chi connectivity index (χ2n) is 4.61. The molecule has 2 saturated heterocycles. The molecule has 0 aliphatic carbocycles. The first-order valence-corrected chi connectivity index (χ1v) is 6.12. The Hall–Kier alpha value is -0.980. The van der Waals surface area contributed by atoms with Crippen molar-refractivity contribution in [1.29, 1.82) is 0 Å². The van der Waals surface area contributed by atoms with Crippen molar-refractivity contribution in [2.75, 3.05) is 26.3 Å². The van der Waals surface area contributed by atoms with E-state index in [-0.39, 0.29) is 12.2 Å². The van der Waals surface area contributed by atoms with E-state index in [4.69, 9.17) is 14.0 Å². The number of nitrogens with one attached hydrogen (secondary N) is 1. The minimum absolute atomic E-state index is 0.0483. The van der Waals surface area contributed by atoms with Crippen LogP contribution in [0.1, 0.15) is 37.3 Å². The molecular weight excluding hydrogens is 222 g/mol. The van der Waals surface area contributed by atoms with Gasteiger partial charge in [-0.1, -0.05) is 12.1 Å². The Balaban J connectivity index is 1.73. The fourth-order valence-corrected chi connectivity index (χ4v) is 2.24. The zero-order valence-electron chi connectivity index (χ0n) is 9.89. The molecule has 0 aromatic carbocycles. The summed E-state index contributed by atoms with van der Waals surface area (Å²) in [6, 6.07) is 0. The molecule has 2 aliphatic rings. The topological polar surface area (TPSA) is 69.4 Å². The van der Waals surface area contributed by atoms with Gasteiger partial charge in [0.25, 0.3) is 5.89 Å². The fraction of sp³-hybridized carbons (Fsp3) is 0.818. The number of rotatable bonds is 2. The van der Waals surface area contributed by atoms with Gasteiger partial charge in [-0.15, -0.1) is 0 Å². The molecule has 0 amide bonds. The minimum atomic E-state index is -0.0991. The molecule has 1 N–H and O–H groups in total. The highest BCUT2D eigenvalue weighted by Gasteiger charge is 2.32. The molecule has 1 aromatic heterocycles. The number of nitrogens with zero attached hydrogens (tertiary/aromatic N) is 2. The monoisotopic (exact) mass is 239 g/mol. The van der Waals surface area contributed by atoms with Crippen LogP contribution in [-0.4, -0.2) is 36.4 Å². The van der Waals surface area contributed by atoms with E-state index in [0.29, 0.717) is 24.2 Å². The van der Waals surface area contributed by atoms with Gasteiger partial charge in [0.2, 0.25) is 5.82 Å². The summed E-state index contributed by atoms with van der Waals surface area (Å²) in [6.07, 6.45) is 0.898. The van der Waals surface area contributed by atoms with Gasteiger partial charge in [-0.3, -0.25) is 0 Å². The van der Waals surface area contributed by atoms with Crippen molar-refractivity contribution in [3.05, 3.63) is 11.7 Å². The molecule has 1 aromatic rings. The summed E-state index contributed by atoms with van der Waals surface area (Å²) in [5, 5.41) is 7.23. The molecule has 3 rings (SSSR count). The largest absolute Gasteiger partial charge is 0.368 e. The third kappa shape index (κ3) is 2.20. The average molecular weight is 239 g/mol. The normalized spacial score (nSPS) is 34.1. The Morgan fingerprint density at radius 3 is 2.94 bits per heavy atom. The molecule has 2 fully saturated rings. The molecular formula is C11H17N3O3. The van der Waals surface area contributed by atoms with Crippen molar-refractivity contribution < 1.29 is 14.0 Å². The molecule has 6 heteroatoms. The maximum absolute atomic E-state index is 5.60. The lowest BCUT2D eigenvalue weighted by molar-refractivity contribution is 0.0208. The molecule has 17 heavy (non-hydrogen) atoms. The summed E-state index contributed by atoms with van der Waals surface area (Å²) in [5.41, 5.74) is 0. The third-order valence-corrected chi connectivity index (χ3v) is 3.30. The van der Waals surface area contributed by atoms with E-state index in [0.717, 1.165) is 26.1 Å². The van der Waals surface area contributed by atoms with Crippen LogP contribution in [0.4, 0.5) is 0 Å². The summed E-state index contributed by atoms with van der Waals surface area (Å²) in [7, 11) is 0. The minimum Gasteiger partial charge on any atom is -0.368 e. The molecule has 3 atom stereocenters. The Morgan fingerprint density at radius 2 is 2.24 bits per heavy atom. The second-order valence-corrected chi connectivity index (χ2v) is 4.61. The van der Waals surface area contributed by atoms with Gasteiger partial charge in [-0.05, 0) is 12.3 Å². The Kier molecular flexibility index (Phi) is 3.09. The van der Waals surface area contributed by atoms with Crippen molar-refractivity contribution in [3.8, 4) is 0 Å². The van der Waals surface area contributed by atoms with Gasteiger partial charge in [0.15, 0.2) is 0 Å². The van der Waals surface area contributed by atoms with Crippen molar-refractivity contribution >= 4 is 0 Å². The molecule has 6 nitrogen and oxygen atoms in total. The van der Waals surface area contributed by atoms with Gasteiger partial charge in [0.1, 0.15) is 12.2 Å². The lowest BCUT2D eigenvalue weighted by Gasteiger charge is -2.20. The van der Waals surface area contributed by atoms with E-state index in [1.54, 1.807) is 0 Å². The first-order chi connectivity index (χ1) is 8.34. The van der Waals surface area contributed by atoms with Gasteiger partial charge < -0.3 is 19.3 Å². The highest BCUT2D eigenvalue weighted by Crippen LogP contribution is 2.33. The maximum Gasteiger partial charge on any atom is 0.256 e. The van der Waals surface area contributed by atoms with E-state index in [1.807, 2.05) is 0 Å². The van der Waals surface area contributed by atoms with Crippen LogP contribution < -0.4 is 5.32 Å². The molecule has 3 heterocycles. The van der Waals surface area contributed by atoms with Crippen LogP contribution in [0.15, 0.2) is 4.52 Å². The molecule has 2 aliphatic heterocycles. The predicted molar refractivity (Wildman–Crippen MR) is 58.3 cm³/mol. The van der Waals surface area contributed by atoms with E-state index >= 15 is 0 Å². The van der Waals surface area contributed by atoms with Gasteiger partial charge in [-0.25, -0.2) is 0 Å². The van der Waals surface area contributed by atoms with E-state index in [1.165, 1.54) is 0 Å². The van der Waals surface area contributed by atoms with Gasteiger partial charge in [0, 0.05) is 19.7 Å². The number of hydrogen-bond donors (Lipinski definition) is 1. The van der Waals surface area contributed by atoms with E-state index in [2.05, 4.69) is 22.4 Å². The fourth-order valence-electron chi connectivity index (χ4n) is 2.24.